The number of hydrogen-bond donors (Lipinski definition) is 1. The molecule has 116 valence electrons. The summed E-state index contributed by atoms with van der Waals surface area (Å²) in [5, 5.41) is 3.49. The Balaban J connectivity index is 1.90. The summed E-state index contributed by atoms with van der Waals surface area (Å²) < 4.78 is 2.61. The lowest BCUT2D eigenvalue weighted by Crippen LogP contribution is -2.20. The van der Waals surface area contributed by atoms with Crippen LogP contribution in [0, 0.1) is 6.92 Å². The van der Waals surface area contributed by atoms with Crippen LogP contribution in [0.25, 0.3) is 10.9 Å². The van der Waals surface area contributed by atoms with Gasteiger partial charge in [0, 0.05) is 22.1 Å². The zero-order valence-electron chi connectivity index (χ0n) is 12.5. The second-order valence-electron chi connectivity index (χ2n) is 5.36. The highest BCUT2D eigenvalue weighted by atomic mass is 79.9. The zero-order chi connectivity index (χ0) is 16.4. The van der Waals surface area contributed by atoms with Crippen LogP contribution in [0.4, 0.5) is 5.69 Å². The van der Waals surface area contributed by atoms with Crippen LogP contribution in [0.1, 0.15) is 5.56 Å². The molecule has 1 heterocycles. The van der Waals surface area contributed by atoms with Gasteiger partial charge in [-0.15, -0.1) is 0 Å². The molecule has 0 unspecified atom stereocenters. The number of anilines is 1. The highest BCUT2D eigenvalue weighted by Crippen LogP contribution is 2.21. The standard InChI is InChI=1S/C18H15BrN2O2/c1-12-6-7-16-13(10-12)17(22)8-9-21(16)11-18(23)20-15-5-3-2-4-14(15)19/h2-10H,11H2,1H3,(H,20,23). The molecular weight excluding hydrogens is 356 g/mol. The fourth-order valence-corrected chi connectivity index (χ4v) is 2.85. The Bertz CT molecular complexity index is 947. The highest BCUT2D eigenvalue weighted by Gasteiger charge is 2.09. The van der Waals surface area contributed by atoms with E-state index in [1.807, 2.05) is 49.4 Å². The van der Waals surface area contributed by atoms with Gasteiger partial charge in [0.15, 0.2) is 5.43 Å². The topological polar surface area (TPSA) is 51.1 Å². The van der Waals surface area contributed by atoms with E-state index >= 15 is 0 Å². The van der Waals surface area contributed by atoms with Crippen molar-refractivity contribution in [2.75, 3.05) is 5.32 Å². The van der Waals surface area contributed by atoms with Gasteiger partial charge in [0.25, 0.3) is 0 Å². The van der Waals surface area contributed by atoms with Crippen LogP contribution in [0.5, 0.6) is 0 Å². The van der Waals surface area contributed by atoms with E-state index in [0.29, 0.717) is 5.39 Å². The van der Waals surface area contributed by atoms with Crippen molar-refractivity contribution >= 4 is 38.4 Å². The average molecular weight is 371 g/mol. The first kappa shape index (κ1) is 15.5. The van der Waals surface area contributed by atoms with Crippen molar-refractivity contribution in [1.29, 1.82) is 0 Å². The summed E-state index contributed by atoms with van der Waals surface area (Å²) in [6.07, 6.45) is 1.65. The van der Waals surface area contributed by atoms with Gasteiger partial charge in [-0.1, -0.05) is 23.8 Å². The molecule has 1 amide bonds. The number of halogens is 1. The molecule has 0 radical (unpaired) electrons. The fourth-order valence-electron chi connectivity index (χ4n) is 2.47. The number of benzene rings is 2. The summed E-state index contributed by atoms with van der Waals surface area (Å²) >= 11 is 3.40. The van der Waals surface area contributed by atoms with Crippen molar-refractivity contribution in [3.8, 4) is 0 Å². The number of carbonyl (C=O) groups excluding carboxylic acids is 1. The molecule has 5 heteroatoms. The number of hydrogen-bond acceptors (Lipinski definition) is 2. The minimum Gasteiger partial charge on any atom is -0.338 e. The smallest absolute Gasteiger partial charge is 0.244 e. The van der Waals surface area contributed by atoms with Gasteiger partial charge in [-0.25, -0.2) is 0 Å². The SMILES string of the molecule is Cc1ccc2c(c1)c(=O)ccn2CC(=O)Nc1ccccc1Br. The quantitative estimate of drug-likeness (QED) is 0.763. The molecule has 3 rings (SSSR count). The Hall–Kier alpha value is -2.40. The lowest BCUT2D eigenvalue weighted by Gasteiger charge is -2.12. The molecule has 0 bridgehead atoms. The number of pyridine rings is 1. The Morgan fingerprint density at radius 3 is 2.74 bits per heavy atom. The molecular formula is C18H15BrN2O2. The Morgan fingerprint density at radius 1 is 1.17 bits per heavy atom. The minimum absolute atomic E-state index is 0.0360. The van der Waals surface area contributed by atoms with E-state index in [-0.39, 0.29) is 17.9 Å². The van der Waals surface area contributed by atoms with Crippen LogP contribution in [0.3, 0.4) is 0 Å². The monoisotopic (exact) mass is 370 g/mol. The fraction of sp³-hybridized carbons (Fsp3) is 0.111. The predicted molar refractivity (Wildman–Crippen MR) is 95.7 cm³/mol. The molecule has 0 spiro atoms. The third kappa shape index (κ3) is 3.35. The molecule has 0 fully saturated rings. The number of nitrogens with one attached hydrogen (secondary N) is 1. The van der Waals surface area contributed by atoms with Gasteiger partial charge in [-0.05, 0) is 47.1 Å². The van der Waals surface area contributed by atoms with Gasteiger partial charge in [0.1, 0.15) is 6.54 Å². The minimum atomic E-state index is -0.151. The molecule has 0 saturated carbocycles. The number of aromatic nitrogens is 1. The first-order valence-electron chi connectivity index (χ1n) is 7.19. The van der Waals surface area contributed by atoms with Crippen molar-refractivity contribution in [3.05, 3.63) is 75.0 Å². The summed E-state index contributed by atoms with van der Waals surface area (Å²) in [6, 6.07) is 14.6. The van der Waals surface area contributed by atoms with Crippen LogP contribution in [0.15, 0.2) is 64.0 Å². The lowest BCUT2D eigenvalue weighted by molar-refractivity contribution is -0.116. The maximum atomic E-state index is 12.3. The van der Waals surface area contributed by atoms with E-state index < -0.39 is 0 Å². The van der Waals surface area contributed by atoms with Crippen molar-refractivity contribution in [3.63, 3.8) is 0 Å². The van der Waals surface area contributed by atoms with Gasteiger partial charge >= 0.3 is 0 Å². The molecule has 2 aromatic carbocycles. The molecule has 0 saturated heterocycles. The predicted octanol–water partition coefficient (Wildman–Crippen LogP) is 3.71. The molecule has 0 atom stereocenters. The number of rotatable bonds is 3. The van der Waals surface area contributed by atoms with Crippen LogP contribution >= 0.6 is 15.9 Å². The van der Waals surface area contributed by atoms with Crippen LogP contribution in [-0.4, -0.2) is 10.5 Å². The van der Waals surface area contributed by atoms with Crippen molar-refractivity contribution in [2.24, 2.45) is 0 Å². The van der Waals surface area contributed by atoms with E-state index in [1.54, 1.807) is 10.8 Å². The maximum Gasteiger partial charge on any atom is 0.244 e. The Kier molecular flexibility index (Phi) is 4.30. The number of amides is 1. The van der Waals surface area contributed by atoms with Crippen molar-refractivity contribution in [2.45, 2.75) is 13.5 Å². The van der Waals surface area contributed by atoms with Gasteiger partial charge in [-0.2, -0.15) is 0 Å². The number of nitrogens with zero attached hydrogens (tertiary/aromatic N) is 1. The summed E-state index contributed by atoms with van der Waals surface area (Å²) in [6.45, 7) is 2.08. The Morgan fingerprint density at radius 2 is 1.96 bits per heavy atom. The lowest BCUT2D eigenvalue weighted by atomic mass is 10.1. The first-order valence-corrected chi connectivity index (χ1v) is 7.98. The molecule has 1 aromatic heterocycles. The van der Waals surface area contributed by atoms with Gasteiger partial charge < -0.3 is 9.88 Å². The third-order valence-corrected chi connectivity index (χ3v) is 4.29. The molecule has 0 aliphatic heterocycles. The van der Waals surface area contributed by atoms with Gasteiger partial charge in [0.05, 0.1) is 11.2 Å². The summed E-state index contributed by atoms with van der Waals surface area (Å²) in [4.78, 5) is 24.3. The van der Waals surface area contributed by atoms with E-state index in [2.05, 4.69) is 21.2 Å². The van der Waals surface area contributed by atoms with Crippen LogP contribution in [-0.2, 0) is 11.3 Å². The van der Waals surface area contributed by atoms with Crippen LogP contribution in [0.2, 0.25) is 0 Å². The third-order valence-electron chi connectivity index (χ3n) is 3.59. The van der Waals surface area contributed by atoms with Gasteiger partial charge in [0.2, 0.25) is 5.91 Å². The van der Waals surface area contributed by atoms with E-state index in [4.69, 9.17) is 0 Å². The van der Waals surface area contributed by atoms with E-state index in [9.17, 15) is 9.59 Å². The summed E-state index contributed by atoms with van der Waals surface area (Å²) in [5.74, 6) is -0.151. The second-order valence-corrected chi connectivity index (χ2v) is 6.21. The zero-order valence-corrected chi connectivity index (χ0v) is 14.1. The number of fused-ring (bicyclic) bond motifs is 1. The maximum absolute atomic E-state index is 12.3. The number of para-hydroxylation sites is 1. The summed E-state index contributed by atoms with van der Waals surface area (Å²) in [7, 11) is 0. The molecule has 0 aliphatic rings. The number of aryl methyl sites for hydroxylation is 1. The Labute approximate surface area is 141 Å². The van der Waals surface area contributed by atoms with Crippen molar-refractivity contribution < 1.29 is 4.79 Å². The molecule has 0 aliphatic carbocycles. The highest BCUT2D eigenvalue weighted by molar-refractivity contribution is 9.10. The second kappa shape index (κ2) is 6.38. The van der Waals surface area contributed by atoms with E-state index in [0.717, 1.165) is 21.2 Å². The van der Waals surface area contributed by atoms with Crippen molar-refractivity contribution in [1.82, 2.24) is 4.57 Å². The van der Waals surface area contributed by atoms with Gasteiger partial charge in [-0.3, -0.25) is 9.59 Å². The van der Waals surface area contributed by atoms with Crippen LogP contribution < -0.4 is 10.7 Å². The largest absolute Gasteiger partial charge is 0.338 e. The molecule has 4 nitrogen and oxygen atoms in total. The normalized spacial score (nSPS) is 10.7. The van der Waals surface area contributed by atoms with E-state index in [1.165, 1.54) is 6.07 Å². The number of carbonyl (C=O) groups is 1. The molecule has 23 heavy (non-hydrogen) atoms. The average Bonchev–Trinajstić information content (AvgIpc) is 2.52. The first-order chi connectivity index (χ1) is 11.0. The molecule has 1 N–H and O–H groups in total. The summed E-state index contributed by atoms with van der Waals surface area (Å²) in [5.41, 5.74) is 2.46. The molecule has 3 aromatic rings.